The average Bonchev–Trinajstić information content (AvgIpc) is 2.59. The lowest BCUT2D eigenvalue weighted by molar-refractivity contribution is -0.122. The van der Waals surface area contributed by atoms with Crippen molar-refractivity contribution in [1.29, 1.82) is 0 Å². The highest BCUT2D eigenvalue weighted by molar-refractivity contribution is 9.10. The fourth-order valence-corrected chi connectivity index (χ4v) is 2.44. The Bertz CT molecular complexity index is 378. The maximum atomic E-state index is 11.5. The number of rotatable bonds is 4. The third kappa shape index (κ3) is 3.55. The highest BCUT2D eigenvalue weighted by atomic mass is 79.9. The van der Waals surface area contributed by atoms with Gasteiger partial charge >= 0.3 is 0 Å². The summed E-state index contributed by atoms with van der Waals surface area (Å²) in [4.78, 5) is 12.8. The zero-order chi connectivity index (χ0) is 11.4. The Kier molecular flexibility index (Phi) is 4.69. The minimum absolute atomic E-state index is 0.136. The summed E-state index contributed by atoms with van der Waals surface area (Å²) >= 11 is 9.72. The summed E-state index contributed by atoms with van der Waals surface area (Å²) in [5.74, 6) is -0.554. The number of amides is 1. The number of carbonyl (C=O) groups excluding carboxylic acids is 1. The van der Waals surface area contributed by atoms with Gasteiger partial charge in [-0.25, -0.2) is 0 Å². The van der Waals surface area contributed by atoms with Crippen LogP contribution in [0.5, 0.6) is 0 Å². The van der Waals surface area contributed by atoms with Crippen LogP contribution in [0.1, 0.15) is 11.8 Å². The van der Waals surface area contributed by atoms with Gasteiger partial charge in [-0.05, 0) is 34.3 Å². The molecule has 0 fully saturated rings. The number of thiophene rings is 1. The lowest BCUT2D eigenvalue weighted by atomic mass is 10.1. The van der Waals surface area contributed by atoms with Crippen molar-refractivity contribution in [3.8, 4) is 0 Å². The molecular weight excluding hydrogens is 296 g/mol. The van der Waals surface area contributed by atoms with Crippen LogP contribution in [-0.4, -0.2) is 10.9 Å². The minimum atomic E-state index is -0.418. The van der Waals surface area contributed by atoms with E-state index >= 15 is 0 Å². The Balaban J connectivity index is 2.48. The summed E-state index contributed by atoms with van der Waals surface area (Å²) in [6, 6.07) is 1.95. The second kappa shape index (κ2) is 5.58. The van der Waals surface area contributed by atoms with Crippen molar-refractivity contribution in [2.24, 2.45) is 11.7 Å². The predicted molar refractivity (Wildman–Crippen MR) is 69.8 cm³/mol. The van der Waals surface area contributed by atoms with Gasteiger partial charge in [0, 0.05) is 9.35 Å². The van der Waals surface area contributed by atoms with Gasteiger partial charge < -0.3 is 11.1 Å². The van der Waals surface area contributed by atoms with Crippen LogP contribution in [0.25, 0.3) is 0 Å². The molecule has 1 rings (SSSR count). The van der Waals surface area contributed by atoms with Gasteiger partial charge in [-0.15, -0.1) is 11.3 Å². The Labute approximate surface area is 106 Å². The van der Waals surface area contributed by atoms with Crippen LogP contribution in [-0.2, 0) is 11.3 Å². The molecule has 1 unspecified atom stereocenters. The molecule has 1 heterocycles. The first-order valence-corrected chi connectivity index (χ1v) is 6.39. The first-order chi connectivity index (χ1) is 7.02. The average molecular weight is 307 g/mol. The van der Waals surface area contributed by atoms with Crippen LogP contribution in [0.15, 0.2) is 15.9 Å². The largest absolute Gasteiger partial charge is 0.393 e. The van der Waals surface area contributed by atoms with Crippen molar-refractivity contribution < 1.29 is 4.79 Å². The van der Waals surface area contributed by atoms with E-state index in [0.29, 0.717) is 6.54 Å². The molecule has 0 radical (unpaired) electrons. The molecule has 0 spiro atoms. The fourth-order valence-electron chi connectivity index (χ4n) is 0.901. The van der Waals surface area contributed by atoms with Gasteiger partial charge in [-0.3, -0.25) is 4.79 Å². The summed E-state index contributed by atoms with van der Waals surface area (Å²) in [5.41, 5.74) is 5.38. The van der Waals surface area contributed by atoms with Gasteiger partial charge in [0.15, 0.2) is 0 Å². The summed E-state index contributed by atoms with van der Waals surface area (Å²) < 4.78 is 1.01. The van der Waals surface area contributed by atoms with Crippen LogP contribution < -0.4 is 11.1 Å². The standard InChI is InChI=1S/C9H11BrN2OS2/c1-5(8(11)14)9(13)12-4-7-6(10)2-3-15-7/h2-3,5H,4H2,1H3,(H2,11,14)(H,12,13). The van der Waals surface area contributed by atoms with Gasteiger partial charge in [0.2, 0.25) is 5.91 Å². The molecule has 0 aromatic carbocycles. The summed E-state index contributed by atoms with van der Waals surface area (Å²) in [7, 11) is 0. The third-order valence-corrected chi connectivity index (χ3v) is 4.21. The number of carbonyl (C=O) groups is 1. The van der Waals surface area contributed by atoms with Crippen molar-refractivity contribution in [3.63, 3.8) is 0 Å². The molecule has 0 aliphatic rings. The van der Waals surface area contributed by atoms with E-state index in [4.69, 9.17) is 18.0 Å². The van der Waals surface area contributed by atoms with Crippen molar-refractivity contribution >= 4 is 50.4 Å². The molecule has 0 aliphatic carbocycles. The Hall–Kier alpha value is -0.460. The lowest BCUT2D eigenvalue weighted by Gasteiger charge is -2.09. The van der Waals surface area contributed by atoms with Crippen molar-refractivity contribution in [1.82, 2.24) is 5.32 Å². The minimum Gasteiger partial charge on any atom is -0.393 e. The highest BCUT2D eigenvalue weighted by Crippen LogP contribution is 2.22. The molecule has 1 aromatic rings. The van der Waals surface area contributed by atoms with Crippen molar-refractivity contribution in [3.05, 3.63) is 20.8 Å². The molecule has 82 valence electrons. The van der Waals surface area contributed by atoms with Gasteiger partial charge in [-0.1, -0.05) is 12.2 Å². The number of hydrogen-bond donors (Lipinski definition) is 2. The molecular formula is C9H11BrN2OS2. The number of nitrogens with two attached hydrogens (primary N) is 1. The van der Waals surface area contributed by atoms with E-state index in [2.05, 4.69) is 21.2 Å². The number of nitrogens with one attached hydrogen (secondary N) is 1. The summed E-state index contributed by atoms with van der Waals surface area (Å²) in [6.07, 6.45) is 0. The maximum absolute atomic E-state index is 11.5. The fraction of sp³-hybridized carbons (Fsp3) is 0.333. The molecule has 1 amide bonds. The van der Waals surface area contributed by atoms with E-state index in [1.807, 2.05) is 11.4 Å². The topological polar surface area (TPSA) is 55.1 Å². The Morgan fingerprint density at radius 2 is 2.47 bits per heavy atom. The molecule has 0 bridgehead atoms. The number of hydrogen-bond acceptors (Lipinski definition) is 3. The smallest absolute Gasteiger partial charge is 0.229 e. The van der Waals surface area contributed by atoms with Crippen LogP contribution in [0.4, 0.5) is 0 Å². The molecule has 1 aromatic heterocycles. The SMILES string of the molecule is CC(C(=O)NCc1sccc1Br)C(N)=S. The van der Waals surface area contributed by atoms with E-state index < -0.39 is 5.92 Å². The van der Waals surface area contributed by atoms with Gasteiger partial charge in [-0.2, -0.15) is 0 Å². The zero-order valence-electron chi connectivity index (χ0n) is 8.12. The third-order valence-electron chi connectivity index (χ3n) is 1.93. The maximum Gasteiger partial charge on any atom is 0.229 e. The van der Waals surface area contributed by atoms with Crippen LogP contribution in [0.2, 0.25) is 0 Å². The molecule has 3 nitrogen and oxygen atoms in total. The molecule has 3 N–H and O–H groups in total. The van der Waals surface area contributed by atoms with Gasteiger partial charge in [0.25, 0.3) is 0 Å². The second-order valence-corrected chi connectivity index (χ2v) is 5.36. The molecule has 0 saturated heterocycles. The molecule has 6 heteroatoms. The summed E-state index contributed by atoms with van der Waals surface area (Å²) in [6.45, 7) is 2.20. The van der Waals surface area contributed by atoms with E-state index in [9.17, 15) is 4.79 Å². The molecule has 0 aliphatic heterocycles. The van der Waals surface area contributed by atoms with E-state index in [1.54, 1.807) is 18.3 Å². The molecule has 1 atom stereocenters. The first kappa shape index (κ1) is 12.6. The molecule has 0 saturated carbocycles. The highest BCUT2D eigenvalue weighted by Gasteiger charge is 2.15. The predicted octanol–water partition coefficient (Wildman–Crippen LogP) is 2.05. The quantitative estimate of drug-likeness (QED) is 0.837. The van der Waals surface area contributed by atoms with E-state index in [1.165, 1.54) is 0 Å². The zero-order valence-corrected chi connectivity index (χ0v) is 11.3. The van der Waals surface area contributed by atoms with Gasteiger partial charge in [0.1, 0.15) is 0 Å². The number of thiocarbonyl (C=S) groups is 1. The van der Waals surface area contributed by atoms with Crippen molar-refractivity contribution in [2.75, 3.05) is 0 Å². The first-order valence-electron chi connectivity index (χ1n) is 4.31. The normalized spacial score (nSPS) is 12.1. The van der Waals surface area contributed by atoms with Crippen molar-refractivity contribution in [2.45, 2.75) is 13.5 Å². The van der Waals surface area contributed by atoms with E-state index in [0.717, 1.165) is 9.35 Å². The van der Waals surface area contributed by atoms with Crippen LogP contribution in [0, 0.1) is 5.92 Å². The second-order valence-electron chi connectivity index (χ2n) is 3.03. The lowest BCUT2D eigenvalue weighted by Crippen LogP contribution is -2.35. The number of halogens is 1. The Morgan fingerprint density at radius 3 is 2.93 bits per heavy atom. The Morgan fingerprint density at radius 1 is 1.80 bits per heavy atom. The monoisotopic (exact) mass is 306 g/mol. The molecule has 15 heavy (non-hydrogen) atoms. The van der Waals surface area contributed by atoms with Crippen LogP contribution >= 0.6 is 39.5 Å². The summed E-state index contributed by atoms with van der Waals surface area (Å²) in [5, 5.41) is 4.74. The van der Waals surface area contributed by atoms with Gasteiger partial charge in [0.05, 0.1) is 17.5 Å². The van der Waals surface area contributed by atoms with Crippen LogP contribution in [0.3, 0.4) is 0 Å². The van der Waals surface area contributed by atoms with E-state index in [-0.39, 0.29) is 10.9 Å².